The topological polar surface area (TPSA) is 126 Å². The Hall–Kier alpha value is -2.65. The molecule has 0 fully saturated rings. The third-order valence-corrected chi connectivity index (χ3v) is 5.13. The van der Waals surface area contributed by atoms with Gasteiger partial charge in [-0.05, 0) is 50.2 Å². The van der Waals surface area contributed by atoms with Crippen LogP contribution in [0, 0.1) is 5.41 Å². The fraction of sp³-hybridized carbons (Fsp3) is 0.294. The molecule has 3 N–H and O–H groups in total. The van der Waals surface area contributed by atoms with E-state index in [1.807, 2.05) is 0 Å². The second-order valence-corrected chi connectivity index (χ2v) is 8.07. The zero-order valence-corrected chi connectivity index (χ0v) is 15.2. The van der Waals surface area contributed by atoms with Crippen LogP contribution in [0.25, 0.3) is 0 Å². The van der Waals surface area contributed by atoms with Gasteiger partial charge in [-0.15, -0.1) is 0 Å². The van der Waals surface area contributed by atoms with Gasteiger partial charge >= 0.3 is 5.97 Å². The monoisotopic (exact) mass is 380 g/mol. The molecule has 8 nitrogen and oxygen atoms in total. The molecule has 9 heteroatoms. The summed E-state index contributed by atoms with van der Waals surface area (Å²) < 4.78 is 31.9. The fourth-order valence-corrected chi connectivity index (χ4v) is 2.92. The maximum atomic E-state index is 12.2. The number of hydrogen-bond acceptors (Lipinski definition) is 5. The number of nitrogens with one attached hydrogen (secondary N) is 2. The molecule has 2 rings (SSSR count). The van der Waals surface area contributed by atoms with Gasteiger partial charge in [0.2, 0.25) is 10.0 Å². The minimum absolute atomic E-state index is 0.00599. The summed E-state index contributed by atoms with van der Waals surface area (Å²) in [4.78, 5) is 23.1. The SMILES string of the molecule is CC(C)(CNC(=O)c1ccc(S(=O)(=O)NCc2ccco2)cc1)C(=O)O. The van der Waals surface area contributed by atoms with Gasteiger partial charge in [0.25, 0.3) is 5.91 Å². The summed E-state index contributed by atoms with van der Waals surface area (Å²) in [7, 11) is -3.75. The molecule has 0 aliphatic heterocycles. The van der Waals surface area contributed by atoms with Gasteiger partial charge in [-0.1, -0.05) is 0 Å². The van der Waals surface area contributed by atoms with E-state index in [9.17, 15) is 18.0 Å². The van der Waals surface area contributed by atoms with Crippen LogP contribution in [-0.2, 0) is 21.4 Å². The van der Waals surface area contributed by atoms with Gasteiger partial charge in [-0.3, -0.25) is 9.59 Å². The summed E-state index contributed by atoms with van der Waals surface area (Å²) in [6, 6.07) is 8.65. The Balaban J connectivity index is 2.00. The van der Waals surface area contributed by atoms with Gasteiger partial charge in [0.1, 0.15) is 5.76 Å². The molecule has 0 aliphatic carbocycles. The van der Waals surface area contributed by atoms with Crippen molar-refractivity contribution < 1.29 is 27.5 Å². The molecule has 140 valence electrons. The molecule has 26 heavy (non-hydrogen) atoms. The highest BCUT2D eigenvalue weighted by Crippen LogP contribution is 2.15. The molecule has 0 spiro atoms. The lowest BCUT2D eigenvalue weighted by Gasteiger charge is -2.19. The van der Waals surface area contributed by atoms with Crippen molar-refractivity contribution in [3.8, 4) is 0 Å². The number of furan rings is 1. The minimum Gasteiger partial charge on any atom is -0.481 e. The first-order chi connectivity index (χ1) is 12.1. The van der Waals surface area contributed by atoms with Crippen molar-refractivity contribution in [1.82, 2.24) is 10.0 Å². The largest absolute Gasteiger partial charge is 0.481 e. The summed E-state index contributed by atoms with van der Waals surface area (Å²) in [6.07, 6.45) is 1.45. The molecule has 0 atom stereocenters. The Labute approximate surface area is 151 Å². The molecule has 0 aliphatic rings. The fourth-order valence-electron chi connectivity index (χ4n) is 1.93. The van der Waals surface area contributed by atoms with Crippen LogP contribution in [0.15, 0.2) is 52.0 Å². The third-order valence-electron chi connectivity index (χ3n) is 3.71. The number of rotatable bonds is 8. The number of carbonyl (C=O) groups is 2. The van der Waals surface area contributed by atoms with Gasteiger partial charge < -0.3 is 14.8 Å². The second kappa shape index (κ2) is 7.71. The minimum atomic E-state index is -3.75. The molecular weight excluding hydrogens is 360 g/mol. The van der Waals surface area contributed by atoms with Crippen LogP contribution in [0.2, 0.25) is 0 Å². The molecule has 0 radical (unpaired) electrons. The van der Waals surface area contributed by atoms with Crippen LogP contribution in [0.4, 0.5) is 0 Å². The van der Waals surface area contributed by atoms with Crippen LogP contribution in [0.1, 0.15) is 30.0 Å². The van der Waals surface area contributed by atoms with E-state index in [4.69, 9.17) is 9.52 Å². The number of hydrogen-bond donors (Lipinski definition) is 3. The third kappa shape index (κ3) is 4.93. The predicted octanol–water partition coefficient (Wildman–Crippen LogP) is 1.60. The standard InChI is InChI=1S/C17H20N2O6S/c1-17(2,16(21)22)11-18-15(20)12-5-7-14(8-6-12)26(23,24)19-10-13-4-3-9-25-13/h3-9,19H,10-11H2,1-2H3,(H,18,20)(H,21,22). The number of carbonyl (C=O) groups excluding carboxylic acids is 1. The Morgan fingerprint density at radius 1 is 1.15 bits per heavy atom. The van der Waals surface area contributed by atoms with E-state index >= 15 is 0 Å². The van der Waals surface area contributed by atoms with Crippen molar-refractivity contribution in [2.45, 2.75) is 25.3 Å². The highest BCUT2D eigenvalue weighted by molar-refractivity contribution is 7.89. The number of benzene rings is 1. The molecular formula is C17H20N2O6S. The van der Waals surface area contributed by atoms with Crippen LogP contribution < -0.4 is 10.0 Å². The van der Waals surface area contributed by atoms with Crippen LogP contribution in [0.5, 0.6) is 0 Å². The molecule has 2 aromatic rings. The first-order valence-corrected chi connectivity index (χ1v) is 9.24. The lowest BCUT2D eigenvalue weighted by atomic mass is 9.94. The summed E-state index contributed by atoms with van der Waals surface area (Å²) in [5.74, 6) is -1.03. The smallest absolute Gasteiger partial charge is 0.310 e. The van der Waals surface area contributed by atoms with E-state index in [0.717, 1.165) is 0 Å². The van der Waals surface area contributed by atoms with Crippen molar-refractivity contribution in [3.05, 3.63) is 54.0 Å². The first-order valence-electron chi connectivity index (χ1n) is 7.75. The summed E-state index contributed by atoms with van der Waals surface area (Å²) >= 11 is 0. The van der Waals surface area contributed by atoms with Crippen molar-refractivity contribution >= 4 is 21.9 Å². The zero-order chi connectivity index (χ0) is 19.4. The highest BCUT2D eigenvalue weighted by atomic mass is 32.2. The van der Waals surface area contributed by atoms with Crippen LogP contribution >= 0.6 is 0 Å². The van der Waals surface area contributed by atoms with Gasteiger partial charge in [-0.2, -0.15) is 0 Å². The summed E-state index contributed by atoms with van der Waals surface area (Å²) in [6.45, 7) is 2.96. The lowest BCUT2D eigenvalue weighted by Crippen LogP contribution is -2.38. The van der Waals surface area contributed by atoms with E-state index in [1.165, 1.54) is 44.4 Å². The van der Waals surface area contributed by atoms with E-state index in [0.29, 0.717) is 5.76 Å². The molecule has 0 saturated heterocycles. The maximum absolute atomic E-state index is 12.2. The normalized spacial score (nSPS) is 11.9. The Morgan fingerprint density at radius 2 is 1.81 bits per heavy atom. The zero-order valence-electron chi connectivity index (χ0n) is 14.4. The lowest BCUT2D eigenvalue weighted by molar-refractivity contribution is -0.146. The maximum Gasteiger partial charge on any atom is 0.310 e. The number of sulfonamides is 1. The average Bonchev–Trinajstić information content (AvgIpc) is 3.11. The average molecular weight is 380 g/mol. The Bertz CT molecular complexity index is 870. The second-order valence-electron chi connectivity index (χ2n) is 6.30. The van der Waals surface area contributed by atoms with Crippen LogP contribution in [0.3, 0.4) is 0 Å². The quantitative estimate of drug-likeness (QED) is 0.639. The van der Waals surface area contributed by atoms with Crippen molar-refractivity contribution in [1.29, 1.82) is 0 Å². The molecule has 0 saturated carbocycles. The van der Waals surface area contributed by atoms with Crippen molar-refractivity contribution in [2.24, 2.45) is 5.41 Å². The number of amides is 1. The van der Waals surface area contributed by atoms with Gasteiger partial charge in [0, 0.05) is 12.1 Å². The van der Waals surface area contributed by atoms with E-state index < -0.39 is 27.3 Å². The van der Waals surface area contributed by atoms with Crippen molar-refractivity contribution in [2.75, 3.05) is 6.54 Å². The molecule has 0 bridgehead atoms. The first kappa shape index (κ1) is 19.7. The molecule has 1 aromatic heterocycles. The Morgan fingerprint density at radius 3 is 2.35 bits per heavy atom. The summed E-state index contributed by atoms with van der Waals surface area (Å²) in [5.41, 5.74) is -0.870. The van der Waals surface area contributed by atoms with E-state index in [2.05, 4.69) is 10.0 Å². The number of carboxylic acid groups (broad SMARTS) is 1. The molecule has 0 unspecified atom stereocenters. The number of aliphatic carboxylic acids is 1. The molecule has 1 amide bonds. The van der Waals surface area contributed by atoms with E-state index in [1.54, 1.807) is 12.1 Å². The van der Waals surface area contributed by atoms with Crippen molar-refractivity contribution in [3.63, 3.8) is 0 Å². The molecule has 1 aromatic carbocycles. The van der Waals surface area contributed by atoms with Crippen LogP contribution in [-0.4, -0.2) is 31.9 Å². The Kier molecular flexibility index (Phi) is 5.83. The van der Waals surface area contributed by atoms with Gasteiger partial charge in [0.05, 0.1) is 23.1 Å². The molecule has 1 heterocycles. The highest BCUT2D eigenvalue weighted by Gasteiger charge is 2.27. The van der Waals surface area contributed by atoms with Gasteiger partial charge in [-0.25, -0.2) is 13.1 Å². The summed E-state index contributed by atoms with van der Waals surface area (Å²) in [5, 5.41) is 11.6. The number of carboxylic acids is 1. The predicted molar refractivity (Wildman–Crippen MR) is 92.9 cm³/mol. The van der Waals surface area contributed by atoms with E-state index in [-0.39, 0.29) is 23.5 Å². The van der Waals surface area contributed by atoms with Gasteiger partial charge in [0.15, 0.2) is 0 Å².